The molecule has 3 heteroatoms. The van der Waals surface area contributed by atoms with Gasteiger partial charge in [-0.3, -0.25) is 0 Å². The molecule has 0 amide bonds. The first-order chi connectivity index (χ1) is 9.04. The van der Waals surface area contributed by atoms with Crippen molar-refractivity contribution in [1.82, 2.24) is 0 Å². The summed E-state index contributed by atoms with van der Waals surface area (Å²) in [5.41, 5.74) is 4.19. The normalized spacial score (nSPS) is 12.5. The van der Waals surface area contributed by atoms with E-state index in [1.807, 2.05) is 37.3 Å². The molecule has 100 valence electrons. The van der Waals surface area contributed by atoms with Crippen molar-refractivity contribution in [3.63, 3.8) is 0 Å². The minimum absolute atomic E-state index is 0.609. The predicted molar refractivity (Wildman–Crippen MR) is 86.5 cm³/mol. The van der Waals surface area contributed by atoms with Crippen molar-refractivity contribution in [1.29, 1.82) is 0 Å². The zero-order chi connectivity index (χ0) is 14.0. The molecule has 0 spiro atoms. The molecule has 0 saturated heterocycles. The Morgan fingerprint density at radius 3 is 2.42 bits per heavy atom. The summed E-state index contributed by atoms with van der Waals surface area (Å²) >= 11 is 7.07. The van der Waals surface area contributed by atoms with Crippen LogP contribution in [0.1, 0.15) is 35.3 Å². The van der Waals surface area contributed by atoms with Crippen molar-refractivity contribution in [2.75, 3.05) is 0 Å². The van der Waals surface area contributed by atoms with E-state index >= 15 is 0 Å². The van der Waals surface area contributed by atoms with E-state index in [1.54, 1.807) is 0 Å². The summed E-state index contributed by atoms with van der Waals surface area (Å²) in [5.74, 6) is 0. The van der Waals surface area contributed by atoms with Crippen LogP contribution in [0.2, 0.25) is 0 Å². The Morgan fingerprint density at radius 1 is 1.05 bits per heavy atom. The Kier molecular flexibility index (Phi) is 4.82. The van der Waals surface area contributed by atoms with Gasteiger partial charge >= 0.3 is 0 Å². The molecule has 0 saturated carbocycles. The molecule has 2 aromatic rings. The van der Waals surface area contributed by atoms with E-state index in [1.165, 1.54) is 5.56 Å². The lowest BCUT2D eigenvalue weighted by atomic mass is 9.95. The molecule has 0 heterocycles. The minimum Gasteiger partial charge on any atom is -0.384 e. The Bertz CT molecular complexity index is 593. The number of hydrogen-bond acceptors (Lipinski definition) is 1. The topological polar surface area (TPSA) is 20.2 Å². The summed E-state index contributed by atoms with van der Waals surface area (Å²) in [6, 6.07) is 12.0. The van der Waals surface area contributed by atoms with E-state index < -0.39 is 6.10 Å². The van der Waals surface area contributed by atoms with Gasteiger partial charge in [0, 0.05) is 14.5 Å². The van der Waals surface area contributed by atoms with Gasteiger partial charge in [0.2, 0.25) is 0 Å². The minimum atomic E-state index is -0.609. The van der Waals surface area contributed by atoms with E-state index in [0.29, 0.717) is 0 Å². The second-order valence-electron chi connectivity index (χ2n) is 4.58. The molecule has 0 aromatic heterocycles. The molecule has 2 aromatic carbocycles. The van der Waals surface area contributed by atoms with Crippen LogP contribution in [-0.2, 0) is 6.42 Å². The van der Waals surface area contributed by atoms with Crippen LogP contribution in [0, 0.1) is 6.92 Å². The first kappa shape index (κ1) is 14.8. The monoisotopic (exact) mass is 382 g/mol. The quantitative estimate of drug-likeness (QED) is 0.775. The fraction of sp³-hybridized carbons (Fsp3) is 0.250. The summed E-state index contributed by atoms with van der Waals surface area (Å²) in [6.07, 6.45) is 0.306. The van der Waals surface area contributed by atoms with Gasteiger partial charge in [0.1, 0.15) is 6.10 Å². The SMILES string of the molecule is CCc1ccccc1C(O)c1cc(Br)c(C)cc1Br. The van der Waals surface area contributed by atoms with Crippen LogP contribution >= 0.6 is 31.9 Å². The van der Waals surface area contributed by atoms with Gasteiger partial charge in [-0.15, -0.1) is 0 Å². The Balaban J connectivity index is 2.50. The van der Waals surface area contributed by atoms with Crippen molar-refractivity contribution in [2.24, 2.45) is 0 Å². The van der Waals surface area contributed by atoms with E-state index in [-0.39, 0.29) is 0 Å². The van der Waals surface area contributed by atoms with E-state index in [9.17, 15) is 5.11 Å². The van der Waals surface area contributed by atoms with Crippen molar-refractivity contribution in [3.05, 3.63) is 67.6 Å². The molecule has 0 aliphatic heterocycles. The summed E-state index contributed by atoms with van der Waals surface area (Å²) < 4.78 is 1.95. The van der Waals surface area contributed by atoms with Gasteiger partial charge in [0.25, 0.3) is 0 Å². The first-order valence-electron chi connectivity index (χ1n) is 6.26. The first-order valence-corrected chi connectivity index (χ1v) is 7.84. The largest absolute Gasteiger partial charge is 0.384 e. The highest BCUT2D eigenvalue weighted by Crippen LogP contribution is 2.34. The Morgan fingerprint density at radius 2 is 1.74 bits per heavy atom. The molecule has 1 N–H and O–H groups in total. The molecular formula is C16H16Br2O. The molecule has 2 rings (SSSR count). The maximum absolute atomic E-state index is 10.6. The second kappa shape index (κ2) is 6.21. The van der Waals surface area contributed by atoms with Crippen molar-refractivity contribution in [2.45, 2.75) is 26.4 Å². The maximum atomic E-state index is 10.6. The average Bonchev–Trinajstić information content (AvgIpc) is 2.42. The number of aliphatic hydroxyl groups excluding tert-OH is 1. The average molecular weight is 384 g/mol. The highest BCUT2D eigenvalue weighted by molar-refractivity contribution is 9.11. The number of halogens is 2. The molecule has 1 unspecified atom stereocenters. The highest BCUT2D eigenvalue weighted by Gasteiger charge is 2.17. The van der Waals surface area contributed by atoms with E-state index in [4.69, 9.17) is 0 Å². The standard InChI is InChI=1S/C16H16Br2O/c1-3-11-6-4-5-7-12(11)16(19)13-9-14(17)10(2)8-15(13)18/h4-9,16,19H,3H2,1-2H3. The molecular weight excluding hydrogens is 368 g/mol. The van der Waals surface area contributed by atoms with Crippen molar-refractivity contribution >= 4 is 31.9 Å². The van der Waals surface area contributed by atoms with Crippen LogP contribution in [0.5, 0.6) is 0 Å². The number of benzene rings is 2. The van der Waals surface area contributed by atoms with E-state index in [0.717, 1.165) is 32.1 Å². The second-order valence-corrected chi connectivity index (χ2v) is 6.29. The zero-order valence-electron chi connectivity index (χ0n) is 11.0. The summed E-state index contributed by atoms with van der Waals surface area (Å²) in [5, 5.41) is 10.6. The number of hydrogen-bond donors (Lipinski definition) is 1. The third-order valence-electron chi connectivity index (χ3n) is 3.30. The third kappa shape index (κ3) is 3.10. The van der Waals surface area contributed by atoms with Crippen molar-refractivity contribution in [3.8, 4) is 0 Å². The Hall–Kier alpha value is -0.640. The van der Waals surface area contributed by atoms with Gasteiger partial charge in [-0.1, -0.05) is 63.0 Å². The van der Waals surface area contributed by atoms with Crippen LogP contribution in [0.15, 0.2) is 45.3 Å². The Labute approximate surface area is 130 Å². The van der Waals surface area contributed by atoms with Gasteiger partial charge in [0.15, 0.2) is 0 Å². The van der Waals surface area contributed by atoms with Crippen molar-refractivity contribution < 1.29 is 5.11 Å². The zero-order valence-corrected chi connectivity index (χ0v) is 14.1. The van der Waals surface area contributed by atoms with E-state index in [2.05, 4.69) is 44.8 Å². The van der Waals surface area contributed by atoms with Crippen LogP contribution in [0.3, 0.4) is 0 Å². The van der Waals surface area contributed by atoms with Crippen LogP contribution in [0.25, 0.3) is 0 Å². The summed E-state index contributed by atoms with van der Waals surface area (Å²) in [6.45, 7) is 4.14. The number of aliphatic hydroxyl groups is 1. The van der Waals surface area contributed by atoms with Gasteiger partial charge in [0.05, 0.1) is 0 Å². The number of rotatable bonds is 3. The van der Waals surface area contributed by atoms with Gasteiger partial charge in [-0.05, 0) is 42.2 Å². The highest BCUT2D eigenvalue weighted by atomic mass is 79.9. The lowest BCUT2D eigenvalue weighted by Crippen LogP contribution is -2.04. The molecule has 0 aliphatic carbocycles. The van der Waals surface area contributed by atoms with Crippen LogP contribution in [0.4, 0.5) is 0 Å². The van der Waals surface area contributed by atoms with Gasteiger partial charge in [-0.25, -0.2) is 0 Å². The molecule has 19 heavy (non-hydrogen) atoms. The van der Waals surface area contributed by atoms with Gasteiger partial charge in [-0.2, -0.15) is 0 Å². The lowest BCUT2D eigenvalue weighted by Gasteiger charge is -2.17. The fourth-order valence-corrected chi connectivity index (χ4v) is 3.20. The maximum Gasteiger partial charge on any atom is 0.105 e. The molecule has 0 aliphatic rings. The smallest absolute Gasteiger partial charge is 0.105 e. The molecule has 1 atom stereocenters. The summed E-state index contributed by atoms with van der Waals surface area (Å²) in [4.78, 5) is 0. The molecule has 0 radical (unpaired) electrons. The van der Waals surface area contributed by atoms with Crippen LogP contribution in [-0.4, -0.2) is 5.11 Å². The molecule has 0 bridgehead atoms. The summed E-state index contributed by atoms with van der Waals surface area (Å²) in [7, 11) is 0. The predicted octanol–water partition coefficient (Wildman–Crippen LogP) is 5.16. The molecule has 0 fully saturated rings. The third-order valence-corrected chi connectivity index (χ3v) is 4.84. The van der Waals surface area contributed by atoms with Gasteiger partial charge < -0.3 is 5.11 Å². The fourth-order valence-electron chi connectivity index (χ4n) is 2.16. The number of aryl methyl sites for hydroxylation is 2. The lowest BCUT2D eigenvalue weighted by molar-refractivity contribution is 0.218. The molecule has 1 nitrogen and oxygen atoms in total. The van der Waals surface area contributed by atoms with Crippen LogP contribution < -0.4 is 0 Å².